The highest BCUT2D eigenvalue weighted by Gasteiger charge is 2.29. The molecule has 160 valence electrons. The summed E-state index contributed by atoms with van der Waals surface area (Å²) in [5.41, 5.74) is 8.37. The minimum Gasteiger partial charge on any atom is -0.436 e. The molecule has 1 aromatic heterocycles. The molecule has 3 aromatic rings. The van der Waals surface area contributed by atoms with E-state index in [2.05, 4.69) is 45.7 Å². The Morgan fingerprint density at radius 3 is 2.48 bits per heavy atom. The Bertz CT molecular complexity index is 1050. The number of nitrogens with two attached hydrogens (primary N) is 1. The summed E-state index contributed by atoms with van der Waals surface area (Å²) in [6.45, 7) is 5.64. The molecule has 0 bridgehead atoms. The van der Waals surface area contributed by atoms with E-state index in [9.17, 15) is 0 Å². The maximum absolute atomic E-state index is 6.37. The molecule has 1 saturated heterocycles. The summed E-state index contributed by atoms with van der Waals surface area (Å²) in [5.74, 6) is 1.93. The van der Waals surface area contributed by atoms with Gasteiger partial charge in [0.05, 0.1) is 17.9 Å². The number of ether oxygens (including phenoxy) is 2. The zero-order chi connectivity index (χ0) is 21.4. The Labute approximate surface area is 186 Å². The second-order valence-corrected chi connectivity index (χ2v) is 8.95. The molecule has 5 rings (SSSR count). The Morgan fingerprint density at radius 2 is 1.71 bits per heavy atom. The number of hydrogen-bond donors (Lipinski definition) is 1. The number of nitrogens with zero attached hydrogens (tertiary/aromatic N) is 4. The molecule has 2 N–H and O–H groups in total. The smallest absolute Gasteiger partial charge is 0.263 e. The van der Waals surface area contributed by atoms with Crippen LogP contribution in [0.25, 0.3) is 0 Å². The Balaban J connectivity index is 1.37. The lowest BCUT2D eigenvalue weighted by Gasteiger charge is -2.36. The highest BCUT2D eigenvalue weighted by Crippen LogP contribution is 2.45. The van der Waals surface area contributed by atoms with Crippen molar-refractivity contribution < 1.29 is 9.47 Å². The maximum atomic E-state index is 6.37. The van der Waals surface area contributed by atoms with Gasteiger partial charge in [-0.05, 0) is 50.2 Å². The molecule has 2 aliphatic rings. The number of anilines is 3. The average molecular weight is 436 g/mol. The van der Waals surface area contributed by atoms with Gasteiger partial charge in [-0.15, -0.1) is 0 Å². The first-order chi connectivity index (χ1) is 15.1. The summed E-state index contributed by atoms with van der Waals surface area (Å²) in [7, 11) is 0. The predicted octanol–water partition coefficient (Wildman–Crippen LogP) is 4.37. The van der Waals surface area contributed by atoms with E-state index in [1.807, 2.05) is 36.4 Å². The maximum Gasteiger partial charge on any atom is 0.263 e. The van der Waals surface area contributed by atoms with Crippen molar-refractivity contribution in [1.29, 1.82) is 0 Å². The zero-order valence-electron chi connectivity index (χ0n) is 17.5. The third kappa shape index (κ3) is 4.06. The summed E-state index contributed by atoms with van der Waals surface area (Å²) in [5, 5.41) is 0. The van der Waals surface area contributed by atoms with Crippen LogP contribution in [0.4, 0.5) is 17.2 Å². The van der Waals surface area contributed by atoms with Crippen LogP contribution in [-0.2, 0) is 4.74 Å². The molecular formula is C23H25N5O2S. The molecule has 3 heterocycles. The number of rotatable bonds is 4. The molecule has 8 heteroatoms. The number of aromatic nitrogens is 2. The molecule has 0 aliphatic carbocycles. The lowest BCUT2D eigenvalue weighted by molar-refractivity contribution is -0.00558. The number of fused-ring (bicyclic) bond motifs is 1. The van der Waals surface area contributed by atoms with Gasteiger partial charge in [-0.1, -0.05) is 23.9 Å². The van der Waals surface area contributed by atoms with Crippen LogP contribution in [0.1, 0.15) is 13.8 Å². The van der Waals surface area contributed by atoms with Gasteiger partial charge in [0, 0.05) is 36.1 Å². The minimum absolute atomic E-state index is 0.128. The van der Waals surface area contributed by atoms with E-state index in [0.29, 0.717) is 11.6 Å². The van der Waals surface area contributed by atoms with Gasteiger partial charge in [0.15, 0.2) is 5.82 Å². The third-order valence-corrected chi connectivity index (χ3v) is 6.37. The Morgan fingerprint density at radius 1 is 1.00 bits per heavy atom. The summed E-state index contributed by atoms with van der Waals surface area (Å²) in [6.07, 6.45) is 3.60. The van der Waals surface area contributed by atoms with Gasteiger partial charge in [-0.2, -0.15) is 0 Å². The van der Waals surface area contributed by atoms with Crippen molar-refractivity contribution in [1.82, 2.24) is 9.97 Å². The molecule has 31 heavy (non-hydrogen) atoms. The van der Waals surface area contributed by atoms with Crippen LogP contribution < -0.4 is 20.3 Å². The molecule has 0 saturated carbocycles. The topological polar surface area (TPSA) is 76.7 Å². The van der Waals surface area contributed by atoms with E-state index in [1.54, 1.807) is 24.2 Å². The number of morpholine rings is 1. The van der Waals surface area contributed by atoms with Crippen molar-refractivity contribution in [2.45, 2.75) is 36.4 Å². The average Bonchev–Trinajstić information content (AvgIpc) is 3.10. The Kier molecular flexibility index (Phi) is 5.43. The summed E-state index contributed by atoms with van der Waals surface area (Å²) < 4.78 is 12.0. The van der Waals surface area contributed by atoms with Crippen LogP contribution in [-0.4, -0.2) is 40.8 Å². The highest BCUT2D eigenvalue weighted by molar-refractivity contribution is 8.00. The second-order valence-electron chi connectivity index (χ2n) is 7.79. The number of benzene rings is 2. The fraction of sp³-hybridized carbons (Fsp3) is 0.304. The van der Waals surface area contributed by atoms with Crippen LogP contribution in [0.5, 0.6) is 11.6 Å². The van der Waals surface area contributed by atoms with Gasteiger partial charge in [0.25, 0.3) is 5.88 Å². The molecule has 3 atom stereocenters. The van der Waals surface area contributed by atoms with Gasteiger partial charge in [0.1, 0.15) is 11.2 Å². The summed E-state index contributed by atoms with van der Waals surface area (Å²) in [6, 6.07) is 16.2. The van der Waals surface area contributed by atoms with Crippen LogP contribution >= 0.6 is 11.8 Å². The Hall–Kier alpha value is -2.81. The first-order valence-corrected chi connectivity index (χ1v) is 11.3. The lowest BCUT2D eigenvalue weighted by Crippen LogP contribution is -2.46. The molecule has 2 aromatic carbocycles. The van der Waals surface area contributed by atoms with Gasteiger partial charge < -0.3 is 25.0 Å². The zero-order valence-corrected chi connectivity index (χ0v) is 18.3. The first-order valence-electron chi connectivity index (χ1n) is 10.4. The molecule has 2 aliphatic heterocycles. The molecule has 0 radical (unpaired) electrons. The van der Waals surface area contributed by atoms with E-state index < -0.39 is 0 Å². The lowest BCUT2D eigenvalue weighted by atomic mass is 10.2. The van der Waals surface area contributed by atoms with Crippen molar-refractivity contribution in [2.24, 2.45) is 5.73 Å². The van der Waals surface area contributed by atoms with E-state index in [4.69, 9.17) is 15.2 Å². The van der Waals surface area contributed by atoms with Gasteiger partial charge in [-0.3, -0.25) is 0 Å². The fourth-order valence-corrected chi connectivity index (χ4v) is 5.15. The van der Waals surface area contributed by atoms with Gasteiger partial charge >= 0.3 is 0 Å². The van der Waals surface area contributed by atoms with Crippen LogP contribution in [0.3, 0.4) is 0 Å². The summed E-state index contributed by atoms with van der Waals surface area (Å²) >= 11 is 1.66. The number of para-hydroxylation sites is 1. The summed E-state index contributed by atoms with van der Waals surface area (Å²) in [4.78, 5) is 14.5. The molecule has 0 spiro atoms. The minimum atomic E-state index is -0.152. The van der Waals surface area contributed by atoms with Crippen LogP contribution in [0.2, 0.25) is 0 Å². The van der Waals surface area contributed by atoms with E-state index in [-0.39, 0.29) is 17.7 Å². The van der Waals surface area contributed by atoms with E-state index in [1.165, 1.54) is 4.90 Å². The SMILES string of the molecule is CC1CN(c2nccnc2Oc2ccc(N3c4ccccc4SC3N)cc2)CC(C)O1. The van der Waals surface area contributed by atoms with Crippen molar-refractivity contribution in [2.75, 3.05) is 22.9 Å². The molecular weight excluding hydrogens is 410 g/mol. The quantitative estimate of drug-likeness (QED) is 0.647. The van der Waals surface area contributed by atoms with E-state index >= 15 is 0 Å². The standard InChI is InChI=1S/C23H25N5O2S/c1-15-13-27(14-16(2)29-15)21-22(26-12-11-25-21)30-18-9-7-17(8-10-18)28-19-5-3-4-6-20(19)31-23(28)24/h3-12,15-16,23H,13-14,24H2,1-2H3. The number of thioether (sulfide) groups is 1. The third-order valence-electron chi connectivity index (χ3n) is 5.32. The van der Waals surface area contributed by atoms with Crippen LogP contribution in [0, 0.1) is 0 Å². The van der Waals surface area contributed by atoms with Crippen molar-refractivity contribution >= 4 is 29.0 Å². The van der Waals surface area contributed by atoms with E-state index in [0.717, 1.165) is 30.3 Å². The molecule has 3 unspecified atom stereocenters. The van der Waals surface area contributed by atoms with Crippen molar-refractivity contribution in [3.05, 3.63) is 60.9 Å². The fourth-order valence-electron chi connectivity index (χ4n) is 4.11. The highest BCUT2D eigenvalue weighted by atomic mass is 32.2. The largest absolute Gasteiger partial charge is 0.436 e. The number of hydrogen-bond acceptors (Lipinski definition) is 8. The second kappa shape index (κ2) is 8.37. The van der Waals surface area contributed by atoms with Crippen molar-refractivity contribution in [3.63, 3.8) is 0 Å². The normalized spacial score (nSPS) is 23.0. The van der Waals surface area contributed by atoms with Crippen molar-refractivity contribution in [3.8, 4) is 11.6 Å². The monoisotopic (exact) mass is 435 g/mol. The van der Waals surface area contributed by atoms with Gasteiger partial charge in [-0.25, -0.2) is 9.97 Å². The van der Waals surface area contributed by atoms with Gasteiger partial charge in [0.2, 0.25) is 0 Å². The molecule has 7 nitrogen and oxygen atoms in total. The molecule has 1 fully saturated rings. The van der Waals surface area contributed by atoms with Crippen LogP contribution in [0.15, 0.2) is 65.8 Å². The predicted molar refractivity (Wildman–Crippen MR) is 123 cm³/mol. The molecule has 0 amide bonds. The first kappa shape index (κ1) is 20.1.